The number of aromatic nitrogens is 3. The number of carbonyl (C=O) groups is 1. The van der Waals surface area contributed by atoms with E-state index in [4.69, 9.17) is 9.84 Å². The van der Waals surface area contributed by atoms with Crippen LogP contribution in [0.4, 0.5) is 13.2 Å². The van der Waals surface area contributed by atoms with Crippen molar-refractivity contribution < 1.29 is 27.8 Å². The number of aliphatic carboxylic acids is 1. The molecular weight excluding hydrogens is 293 g/mol. The quantitative estimate of drug-likeness (QED) is 0.858. The standard InChI is InChI=1S/C11H15F3N4O3/c1-2-21-7(9(19)20)5-17-3-4-18-8(6-17)15-16-10(18)11(12,13)14/h7H,2-6H2,1H3,(H,19,20). The highest BCUT2D eigenvalue weighted by Gasteiger charge is 2.39. The van der Waals surface area contributed by atoms with E-state index >= 15 is 0 Å². The van der Waals surface area contributed by atoms with Gasteiger partial charge < -0.3 is 14.4 Å². The molecule has 0 saturated carbocycles. The minimum atomic E-state index is -4.54. The molecule has 0 aromatic carbocycles. The molecule has 0 amide bonds. The highest BCUT2D eigenvalue weighted by atomic mass is 19.4. The Balaban J connectivity index is 2.06. The van der Waals surface area contributed by atoms with Crippen LogP contribution in [0.25, 0.3) is 0 Å². The second-order valence-electron chi connectivity index (χ2n) is 4.61. The number of hydrogen-bond acceptors (Lipinski definition) is 5. The van der Waals surface area contributed by atoms with Gasteiger partial charge in [-0.3, -0.25) is 4.90 Å². The molecule has 1 aliphatic heterocycles. The first kappa shape index (κ1) is 15.7. The third-order valence-electron chi connectivity index (χ3n) is 3.15. The molecule has 0 spiro atoms. The van der Waals surface area contributed by atoms with Gasteiger partial charge in [0.15, 0.2) is 6.10 Å². The summed E-state index contributed by atoms with van der Waals surface area (Å²) in [6.45, 7) is 2.48. The minimum Gasteiger partial charge on any atom is -0.479 e. The summed E-state index contributed by atoms with van der Waals surface area (Å²) in [6.07, 6.45) is -5.55. The summed E-state index contributed by atoms with van der Waals surface area (Å²) >= 11 is 0. The van der Waals surface area contributed by atoms with Gasteiger partial charge in [-0.05, 0) is 6.92 Å². The van der Waals surface area contributed by atoms with Gasteiger partial charge in [0.25, 0.3) is 0 Å². The Bertz CT molecular complexity index is 517. The van der Waals surface area contributed by atoms with Crippen LogP contribution in [0, 0.1) is 0 Å². The molecule has 7 nitrogen and oxygen atoms in total. The summed E-state index contributed by atoms with van der Waals surface area (Å²) in [7, 11) is 0. The van der Waals surface area contributed by atoms with Crippen molar-refractivity contribution in [2.45, 2.75) is 32.3 Å². The number of fused-ring (bicyclic) bond motifs is 1. The lowest BCUT2D eigenvalue weighted by atomic mass is 10.2. The van der Waals surface area contributed by atoms with Crippen molar-refractivity contribution in [2.75, 3.05) is 19.7 Å². The van der Waals surface area contributed by atoms with Crippen LogP contribution in [0.2, 0.25) is 0 Å². The van der Waals surface area contributed by atoms with E-state index in [9.17, 15) is 18.0 Å². The molecule has 0 bridgehead atoms. The van der Waals surface area contributed by atoms with Gasteiger partial charge in [0.1, 0.15) is 5.82 Å². The van der Waals surface area contributed by atoms with Crippen molar-refractivity contribution in [3.63, 3.8) is 0 Å². The number of rotatable bonds is 5. The zero-order valence-corrected chi connectivity index (χ0v) is 11.3. The highest BCUT2D eigenvalue weighted by Crippen LogP contribution is 2.29. The second kappa shape index (κ2) is 5.98. The number of carboxylic acids is 1. The monoisotopic (exact) mass is 308 g/mol. The molecule has 21 heavy (non-hydrogen) atoms. The largest absolute Gasteiger partial charge is 0.479 e. The Hall–Kier alpha value is -1.68. The predicted octanol–water partition coefficient (Wildman–Crippen LogP) is 0.602. The van der Waals surface area contributed by atoms with Gasteiger partial charge >= 0.3 is 12.1 Å². The van der Waals surface area contributed by atoms with E-state index in [1.807, 2.05) is 0 Å². The number of halogens is 3. The minimum absolute atomic E-state index is 0.0651. The Morgan fingerprint density at radius 1 is 1.43 bits per heavy atom. The Morgan fingerprint density at radius 3 is 2.71 bits per heavy atom. The summed E-state index contributed by atoms with van der Waals surface area (Å²) in [5.74, 6) is -1.94. The summed E-state index contributed by atoms with van der Waals surface area (Å²) in [5.41, 5.74) is 0. The van der Waals surface area contributed by atoms with E-state index in [-0.39, 0.29) is 38.6 Å². The van der Waals surface area contributed by atoms with Gasteiger partial charge in [-0.1, -0.05) is 0 Å². The smallest absolute Gasteiger partial charge is 0.451 e. The number of carboxylic acid groups (broad SMARTS) is 1. The zero-order chi connectivity index (χ0) is 15.6. The number of alkyl halides is 3. The molecule has 1 N–H and O–H groups in total. The van der Waals surface area contributed by atoms with Crippen LogP contribution in [0.15, 0.2) is 0 Å². The molecule has 2 heterocycles. The first-order valence-electron chi connectivity index (χ1n) is 6.39. The van der Waals surface area contributed by atoms with Crippen molar-refractivity contribution in [3.8, 4) is 0 Å². The van der Waals surface area contributed by atoms with Gasteiger partial charge in [0.2, 0.25) is 5.82 Å². The van der Waals surface area contributed by atoms with Crippen molar-refractivity contribution in [1.82, 2.24) is 19.7 Å². The second-order valence-corrected chi connectivity index (χ2v) is 4.61. The maximum Gasteiger partial charge on any atom is 0.451 e. The maximum atomic E-state index is 12.7. The lowest BCUT2D eigenvalue weighted by Gasteiger charge is -2.29. The lowest BCUT2D eigenvalue weighted by Crippen LogP contribution is -2.43. The molecule has 0 aliphatic carbocycles. The Kier molecular flexibility index (Phi) is 4.47. The summed E-state index contributed by atoms with van der Waals surface area (Å²) < 4.78 is 44.2. The first-order chi connectivity index (χ1) is 9.82. The molecule has 1 unspecified atom stereocenters. The van der Waals surface area contributed by atoms with Crippen molar-refractivity contribution in [2.24, 2.45) is 0 Å². The number of ether oxygens (including phenoxy) is 1. The average Bonchev–Trinajstić information content (AvgIpc) is 2.81. The van der Waals surface area contributed by atoms with E-state index in [1.54, 1.807) is 11.8 Å². The molecule has 1 aromatic heterocycles. The predicted molar refractivity (Wildman–Crippen MR) is 63.4 cm³/mol. The molecule has 118 valence electrons. The van der Waals surface area contributed by atoms with Gasteiger partial charge in [-0.15, -0.1) is 10.2 Å². The van der Waals surface area contributed by atoms with Crippen molar-refractivity contribution >= 4 is 5.97 Å². The molecule has 1 aliphatic rings. The topological polar surface area (TPSA) is 80.5 Å². The van der Waals surface area contributed by atoms with E-state index < -0.39 is 24.1 Å². The normalized spacial score (nSPS) is 17.5. The molecule has 0 fully saturated rings. The first-order valence-corrected chi connectivity index (χ1v) is 6.39. The van der Waals surface area contributed by atoms with Gasteiger partial charge in [0, 0.05) is 26.2 Å². The fourth-order valence-electron chi connectivity index (χ4n) is 2.21. The van der Waals surface area contributed by atoms with E-state index in [1.165, 1.54) is 0 Å². The van der Waals surface area contributed by atoms with Crippen LogP contribution >= 0.6 is 0 Å². The third-order valence-corrected chi connectivity index (χ3v) is 3.15. The van der Waals surface area contributed by atoms with E-state index in [2.05, 4.69) is 10.2 Å². The third kappa shape index (κ3) is 3.50. The fourth-order valence-corrected chi connectivity index (χ4v) is 2.21. The molecule has 0 saturated heterocycles. The van der Waals surface area contributed by atoms with Crippen LogP contribution in [0.5, 0.6) is 0 Å². The summed E-state index contributed by atoms with van der Waals surface area (Å²) in [6, 6.07) is 0. The zero-order valence-electron chi connectivity index (χ0n) is 11.3. The van der Waals surface area contributed by atoms with Crippen LogP contribution in [-0.4, -0.2) is 56.5 Å². The Morgan fingerprint density at radius 2 is 2.14 bits per heavy atom. The number of hydrogen-bond donors (Lipinski definition) is 1. The average molecular weight is 308 g/mol. The van der Waals surface area contributed by atoms with Gasteiger partial charge in [-0.2, -0.15) is 13.2 Å². The highest BCUT2D eigenvalue weighted by molar-refractivity contribution is 5.72. The lowest BCUT2D eigenvalue weighted by molar-refractivity contribution is -0.151. The van der Waals surface area contributed by atoms with E-state index in [0.29, 0.717) is 0 Å². The van der Waals surface area contributed by atoms with Crippen LogP contribution in [-0.2, 0) is 28.8 Å². The van der Waals surface area contributed by atoms with Crippen LogP contribution in [0.3, 0.4) is 0 Å². The molecule has 10 heteroatoms. The van der Waals surface area contributed by atoms with Crippen molar-refractivity contribution in [3.05, 3.63) is 11.6 Å². The molecule has 0 radical (unpaired) electrons. The maximum absolute atomic E-state index is 12.7. The van der Waals surface area contributed by atoms with Gasteiger partial charge in [-0.25, -0.2) is 4.79 Å². The molecule has 1 atom stereocenters. The van der Waals surface area contributed by atoms with Gasteiger partial charge in [0.05, 0.1) is 6.54 Å². The number of nitrogens with zero attached hydrogens (tertiary/aromatic N) is 4. The van der Waals surface area contributed by atoms with Crippen molar-refractivity contribution in [1.29, 1.82) is 0 Å². The van der Waals surface area contributed by atoms with Crippen LogP contribution < -0.4 is 0 Å². The molecule has 2 rings (SSSR count). The summed E-state index contributed by atoms with van der Waals surface area (Å²) in [5, 5.41) is 15.7. The van der Waals surface area contributed by atoms with E-state index in [0.717, 1.165) is 4.57 Å². The summed E-state index contributed by atoms with van der Waals surface area (Å²) in [4.78, 5) is 12.7. The molecule has 1 aromatic rings. The Labute approximate surface area is 118 Å². The molecular formula is C11H15F3N4O3. The van der Waals surface area contributed by atoms with Crippen LogP contribution in [0.1, 0.15) is 18.6 Å². The fraction of sp³-hybridized carbons (Fsp3) is 0.727. The SMILES string of the molecule is CCOC(CN1CCn2c(nnc2C(F)(F)F)C1)C(=O)O.